The zero-order chi connectivity index (χ0) is 13.7. The Labute approximate surface area is 121 Å². The molecule has 0 bridgehead atoms. The summed E-state index contributed by atoms with van der Waals surface area (Å²) in [7, 11) is 0. The summed E-state index contributed by atoms with van der Waals surface area (Å²) in [5, 5.41) is 3.28. The number of carbonyl (C=O) groups excluding carboxylic acids is 1. The molecule has 3 nitrogen and oxygen atoms in total. The van der Waals surface area contributed by atoms with Gasteiger partial charge < -0.3 is 15.8 Å². The molecular weight excluding hydrogens is 304 g/mol. The molecule has 4 heteroatoms. The molecule has 0 atom stereocenters. The van der Waals surface area contributed by atoms with Gasteiger partial charge >= 0.3 is 0 Å². The van der Waals surface area contributed by atoms with E-state index < -0.39 is 0 Å². The predicted molar refractivity (Wildman–Crippen MR) is 82.7 cm³/mol. The van der Waals surface area contributed by atoms with Crippen molar-refractivity contribution >= 4 is 39.3 Å². The van der Waals surface area contributed by atoms with Gasteiger partial charge in [-0.15, -0.1) is 0 Å². The van der Waals surface area contributed by atoms with Crippen molar-refractivity contribution in [2.24, 2.45) is 0 Å². The molecule has 2 aromatic rings. The molecule has 0 unspecified atom stereocenters. The molecule has 98 valence electrons. The molecule has 0 saturated carbocycles. The van der Waals surface area contributed by atoms with E-state index in [9.17, 15) is 4.79 Å². The molecule has 0 amide bonds. The first-order valence-corrected chi connectivity index (χ1v) is 6.83. The minimum atomic E-state index is 0.546. The molecule has 0 spiro atoms. The van der Waals surface area contributed by atoms with E-state index >= 15 is 0 Å². The highest BCUT2D eigenvalue weighted by atomic mass is 79.9. The monoisotopic (exact) mass is 318 g/mol. The summed E-state index contributed by atoms with van der Waals surface area (Å²) >= 11 is 3.38. The van der Waals surface area contributed by atoms with Gasteiger partial charge in [0, 0.05) is 16.6 Å². The molecule has 0 aliphatic rings. The van der Waals surface area contributed by atoms with Crippen LogP contribution in [0.3, 0.4) is 0 Å². The van der Waals surface area contributed by atoms with Gasteiger partial charge in [0.05, 0.1) is 11.4 Å². The van der Waals surface area contributed by atoms with Gasteiger partial charge in [-0.25, -0.2) is 0 Å². The van der Waals surface area contributed by atoms with Crippen molar-refractivity contribution in [3.05, 3.63) is 52.5 Å². The van der Waals surface area contributed by atoms with Gasteiger partial charge in [0.1, 0.15) is 6.29 Å². The van der Waals surface area contributed by atoms with Crippen LogP contribution in [0.2, 0.25) is 0 Å². The number of carbonyl (C=O) groups is 1. The Morgan fingerprint density at radius 2 is 2.05 bits per heavy atom. The molecular formula is C15H15BrN2O. The Morgan fingerprint density at radius 1 is 1.21 bits per heavy atom. The standard InChI is InChI=1S/C15H15BrN2O/c16-12-6-7-15(14(17)10-12)18-13-5-1-3-11(9-13)4-2-8-19/h1,3,5-10,18H,2,4,17H2. The van der Waals surface area contributed by atoms with Crippen LogP contribution in [-0.4, -0.2) is 6.29 Å². The predicted octanol–water partition coefficient (Wildman–Crippen LogP) is 3.91. The van der Waals surface area contributed by atoms with Gasteiger partial charge in [0.15, 0.2) is 0 Å². The molecule has 0 saturated heterocycles. The van der Waals surface area contributed by atoms with Crippen LogP contribution in [0.25, 0.3) is 0 Å². The number of hydrogen-bond donors (Lipinski definition) is 2. The zero-order valence-electron chi connectivity index (χ0n) is 10.4. The minimum Gasteiger partial charge on any atom is -0.397 e. The van der Waals surface area contributed by atoms with Crippen LogP contribution < -0.4 is 11.1 Å². The first-order chi connectivity index (χ1) is 9.19. The summed E-state index contributed by atoms with van der Waals surface area (Å²) in [6.07, 6.45) is 2.24. The van der Waals surface area contributed by atoms with Crippen LogP contribution in [0.15, 0.2) is 46.9 Å². The van der Waals surface area contributed by atoms with E-state index in [1.165, 1.54) is 0 Å². The number of rotatable bonds is 5. The molecule has 2 aromatic carbocycles. The number of nitrogens with one attached hydrogen (secondary N) is 1. The van der Waals surface area contributed by atoms with Gasteiger partial charge in [-0.05, 0) is 42.3 Å². The first kappa shape index (κ1) is 13.6. The maximum absolute atomic E-state index is 10.4. The maximum Gasteiger partial charge on any atom is 0.120 e. The van der Waals surface area contributed by atoms with E-state index in [1.54, 1.807) is 0 Å². The van der Waals surface area contributed by atoms with Crippen LogP contribution in [-0.2, 0) is 11.2 Å². The third-order valence-corrected chi connectivity index (χ3v) is 3.26. The van der Waals surface area contributed by atoms with Crippen molar-refractivity contribution in [2.75, 3.05) is 11.1 Å². The molecule has 0 radical (unpaired) electrons. The molecule has 0 aromatic heterocycles. The van der Waals surface area contributed by atoms with Crippen molar-refractivity contribution in [3.8, 4) is 0 Å². The minimum absolute atomic E-state index is 0.546. The fraction of sp³-hybridized carbons (Fsp3) is 0.133. The number of nitrogen functional groups attached to an aromatic ring is 1. The van der Waals surface area contributed by atoms with Crippen molar-refractivity contribution in [1.82, 2.24) is 0 Å². The highest BCUT2D eigenvalue weighted by molar-refractivity contribution is 9.10. The van der Waals surface area contributed by atoms with Crippen molar-refractivity contribution in [2.45, 2.75) is 12.8 Å². The van der Waals surface area contributed by atoms with Gasteiger partial charge in [0.2, 0.25) is 0 Å². The Balaban J connectivity index is 2.16. The Bertz CT molecular complexity index is 584. The van der Waals surface area contributed by atoms with Crippen LogP contribution in [0.5, 0.6) is 0 Å². The second kappa shape index (κ2) is 6.38. The van der Waals surface area contributed by atoms with Crippen LogP contribution >= 0.6 is 15.9 Å². The average molecular weight is 319 g/mol. The lowest BCUT2D eigenvalue weighted by Gasteiger charge is -2.10. The Morgan fingerprint density at radius 3 is 2.79 bits per heavy atom. The summed E-state index contributed by atoms with van der Waals surface area (Å²) in [4.78, 5) is 10.4. The number of benzene rings is 2. The number of aryl methyl sites for hydroxylation is 1. The molecule has 19 heavy (non-hydrogen) atoms. The Kier molecular flexibility index (Phi) is 4.58. The summed E-state index contributed by atoms with van der Waals surface area (Å²) in [5.41, 5.74) is 9.61. The molecule has 3 N–H and O–H groups in total. The van der Waals surface area contributed by atoms with E-state index in [0.29, 0.717) is 12.1 Å². The summed E-state index contributed by atoms with van der Waals surface area (Å²) in [6, 6.07) is 13.7. The number of anilines is 3. The van der Waals surface area contributed by atoms with E-state index in [-0.39, 0.29) is 0 Å². The lowest BCUT2D eigenvalue weighted by Crippen LogP contribution is -1.97. The fourth-order valence-corrected chi connectivity index (χ4v) is 2.21. The third kappa shape index (κ3) is 3.83. The first-order valence-electron chi connectivity index (χ1n) is 6.03. The number of aldehydes is 1. The number of halogens is 1. The summed E-state index contributed by atoms with van der Waals surface area (Å²) < 4.78 is 0.954. The molecule has 0 aliphatic carbocycles. The highest BCUT2D eigenvalue weighted by Crippen LogP contribution is 2.26. The smallest absolute Gasteiger partial charge is 0.120 e. The van der Waals surface area contributed by atoms with Gasteiger partial charge in [-0.3, -0.25) is 0 Å². The summed E-state index contributed by atoms with van der Waals surface area (Å²) in [6.45, 7) is 0. The molecule has 0 aliphatic heterocycles. The third-order valence-electron chi connectivity index (χ3n) is 2.77. The van der Waals surface area contributed by atoms with E-state index in [1.807, 2.05) is 42.5 Å². The van der Waals surface area contributed by atoms with Gasteiger partial charge in [-0.1, -0.05) is 28.1 Å². The normalized spacial score (nSPS) is 10.2. The van der Waals surface area contributed by atoms with Crippen LogP contribution in [0, 0.1) is 0 Å². The number of nitrogens with two attached hydrogens (primary N) is 1. The lowest BCUT2D eigenvalue weighted by molar-refractivity contribution is -0.107. The highest BCUT2D eigenvalue weighted by Gasteiger charge is 2.01. The zero-order valence-corrected chi connectivity index (χ0v) is 12.0. The largest absolute Gasteiger partial charge is 0.397 e. The van der Waals surface area contributed by atoms with Crippen LogP contribution in [0.1, 0.15) is 12.0 Å². The molecule has 0 heterocycles. The topological polar surface area (TPSA) is 55.1 Å². The number of hydrogen-bond acceptors (Lipinski definition) is 3. The Hall–Kier alpha value is -1.81. The van der Waals surface area contributed by atoms with Crippen molar-refractivity contribution in [1.29, 1.82) is 0 Å². The van der Waals surface area contributed by atoms with Crippen molar-refractivity contribution < 1.29 is 4.79 Å². The van der Waals surface area contributed by atoms with Gasteiger partial charge in [-0.2, -0.15) is 0 Å². The van der Waals surface area contributed by atoms with Crippen molar-refractivity contribution in [3.63, 3.8) is 0 Å². The quantitative estimate of drug-likeness (QED) is 0.649. The molecule has 2 rings (SSSR count). The molecule has 0 fully saturated rings. The average Bonchev–Trinajstić information content (AvgIpc) is 2.40. The maximum atomic E-state index is 10.4. The fourth-order valence-electron chi connectivity index (χ4n) is 1.83. The van der Waals surface area contributed by atoms with E-state index in [2.05, 4.69) is 21.2 Å². The SMILES string of the molecule is Nc1cc(Br)ccc1Nc1cccc(CCC=O)c1. The van der Waals surface area contributed by atoms with Crippen LogP contribution in [0.4, 0.5) is 17.1 Å². The van der Waals surface area contributed by atoms with Gasteiger partial charge in [0.25, 0.3) is 0 Å². The van der Waals surface area contributed by atoms with E-state index in [4.69, 9.17) is 5.73 Å². The second-order valence-corrected chi connectivity index (χ2v) is 5.18. The van der Waals surface area contributed by atoms with E-state index in [0.717, 1.165) is 34.1 Å². The second-order valence-electron chi connectivity index (χ2n) is 4.26. The lowest BCUT2D eigenvalue weighted by atomic mass is 10.1. The summed E-state index contributed by atoms with van der Waals surface area (Å²) in [5.74, 6) is 0.